The lowest BCUT2D eigenvalue weighted by atomic mass is 10.1. The summed E-state index contributed by atoms with van der Waals surface area (Å²) in [5.41, 5.74) is 2.55. The van der Waals surface area contributed by atoms with Gasteiger partial charge in [-0.2, -0.15) is 0 Å². The maximum atomic E-state index is 12.0. The summed E-state index contributed by atoms with van der Waals surface area (Å²) in [6, 6.07) is 12.6. The van der Waals surface area contributed by atoms with Crippen LogP contribution in [0.1, 0.15) is 17.5 Å². The van der Waals surface area contributed by atoms with Crippen molar-refractivity contribution in [2.24, 2.45) is 0 Å². The number of phenolic OH excluding ortho intramolecular Hbond substituents is 1. The molecule has 0 unspecified atom stereocenters. The molecule has 0 fully saturated rings. The number of halogens is 1. The highest BCUT2D eigenvalue weighted by atomic mass is 79.9. The lowest BCUT2D eigenvalue weighted by Crippen LogP contribution is -2.01. The number of aromatic hydroxyl groups is 1. The van der Waals surface area contributed by atoms with E-state index in [0.29, 0.717) is 5.56 Å². The predicted molar refractivity (Wildman–Crippen MR) is 107 cm³/mol. The van der Waals surface area contributed by atoms with Gasteiger partial charge < -0.3 is 10.1 Å². The Hall–Kier alpha value is -2.92. The van der Waals surface area contributed by atoms with Gasteiger partial charge in [0.05, 0.1) is 6.42 Å². The molecule has 0 amide bonds. The van der Waals surface area contributed by atoms with Crippen LogP contribution in [-0.2, 0) is 9.59 Å². The minimum Gasteiger partial charge on any atom is -0.508 e. The van der Waals surface area contributed by atoms with Crippen LogP contribution >= 0.6 is 15.9 Å². The zero-order valence-electron chi connectivity index (χ0n) is 13.8. The molecule has 2 N–H and O–H groups in total. The van der Waals surface area contributed by atoms with Crippen LogP contribution in [0.3, 0.4) is 0 Å². The molecule has 0 saturated carbocycles. The molecule has 0 spiro atoms. The Bertz CT molecular complexity index is 1030. The fraction of sp³-hybridized carbons (Fsp3) is 0.0476. The first kappa shape index (κ1) is 17.9. The molecule has 0 bridgehead atoms. The van der Waals surface area contributed by atoms with Gasteiger partial charge in [0.1, 0.15) is 5.75 Å². The van der Waals surface area contributed by atoms with Crippen molar-refractivity contribution in [1.82, 2.24) is 4.98 Å². The fourth-order valence-electron chi connectivity index (χ4n) is 2.49. The zero-order valence-corrected chi connectivity index (χ0v) is 15.4. The standard InChI is InChI=1S/C21H16BrNO3/c22-20-8-7-17(24)12-16(20)4-6-19(26)13-18(25)5-2-14-1-3-15-9-10-23-21(15)11-14/h1-12,23-24H,13H2. The van der Waals surface area contributed by atoms with Crippen LogP contribution in [0.5, 0.6) is 5.75 Å². The van der Waals surface area contributed by atoms with Crippen LogP contribution in [0, 0.1) is 0 Å². The number of benzene rings is 2. The minimum atomic E-state index is -0.297. The van der Waals surface area contributed by atoms with Crippen LogP contribution in [0.4, 0.5) is 0 Å². The number of carbonyl (C=O) groups is 2. The van der Waals surface area contributed by atoms with Gasteiger partial charge >= 0.3 is 0 Å². The summed E-state index contributed by atoms with van der Waals surface area (Å²) in [5, 5.41) is 10.6. The number of allylic oxidation sites excluding steroid dienone is 2. The second-order valence-corrected chi connectivity index (χ2v) is 6.66. The van der Waals surface area contributed by atoms with E-state index in [1.165, 1.54) is 18.2 Å². The van der Waals surface area contributed by atoms with Crippen molar-refractivity contribution in [2.45, 2.75) is 6.42 Å². The van der Waals surface area contributed by atoms with E-state index in [2.05, 4.69) is 20.9 Å². The molecule has 5 heteroatoms. The molecule has 4 nitrogen and oxygen atoms in total. The number of phenols is 1. The van der Waals surface area contributed by atoms with Gasteiger partial charge in [-0.25, -0.2) is 0 Å². The molecule has 0 atom stereocenters. The summed E-state index contributed by atoms with van der Waals surface area (Å²) in [5.74, 6) is -0.450. The Balaban J connectivity index is 1.60. The topological polar surface area (TPSA) is 70.2 Å². The van der Waals surface area contributed by atoms with E-state index in [0.717, 1.165) is 20.9 Å². The highest BCUT2D eigenvalue weighted by molar-refractivity contribution is 9.10. The molecule has 0 aliphatic rings. The van der Waals surface area contributed by atoms with Crippen LogP contribution in [0.2, 0.25) is 0 Å². The summed E-state index contributed by atoms with van der Waals surface area (Å²) >= 11 is 3.34. The highest BCUT2D eigenvalue weighted by Gasteiger charge is 2.05. The lowest BCUT2D eigenvalue weighted by molar-refractivity contribution is -0.121. The number of nitrogens with one attached hydrogen (secondary N) is 1. The second-order valence-electron chi connectivity index (χ2n) is 5.81. The quantitative estimate of drug-likeness (QED) is 0.449. The van der Waals surface area contributed by atoms with Gasteiger partial charge in [0, 0.05) is 16.2 Å². The minimum absolute atomic E-state index is 0.110. The smallest absolute Gasteiger partial charge is 0.163 e. The fourth-order valence-corrected chi connectivity index (χ4v) is 2.87. The second kappa shape index (κ2) is 7.97. The molecule has 2 aromatic carbocycles. The number of fused-ring (bicyclic) bond motifs is 1. The van der Waals surface area contributed by atoms with Crippen LogP contribution in [-0.4, -0.2) is 21.7 Å². The number of hydrogen-bond acceptors (Lipinski definition) is 3. The molecule has 0 aliphatic heterocycles. The molecular formula is C21H16BrNO3. The normalized spacial score (nSPS) is 11.6. The van der Waals surface area contributed by atoms with Crippen LogP contribution < -0.4 is 0 Å². The molecule has 130 valence electrons. The van der Waals surface area contributed by atoms with Gasteiger partial charge in [-0.15, -0.1) is 0 Å². The van der Waals surface area contributed by atoms with E-state index in [9.17, 15) is 14.7 Å². The van der Waals surface area contributed by atoms with Gasteiger partial charge in [0.25, 0.3) is 0 Å². The third-order valence-corrected chi connectivity index (χ3v) is 4.54. The van der Waals surface area contributed by atoms with Gasteiger partial charge in [-0.3, -0.25) is 9.59 Å². The van der Waals surface area contributed by atoms with E-state index in [1.807, 2.05) is 30.5 Å². The number of hydrogen-bond donors (Lipinski definition) is 2. The number of carbonyl (C=O) groups excluding carboxylic acids is 2. The van der Waals surface area contributed by atoms with E-state index >= 15 is 0 Å². The highest BCUT2D eigenvalue weighted by Crippen LogP contribution is 2.23. The van der Waals surface area contributed by atoms with Crippen molar-refractivity contribution in [3.8, 4) is 5.75 Å². The van der Waals surface area contributed by atoms with Crippen molar-refractivity contribution in [1.29, 1.82) is 0 Å². The molecular weight excluding hydrogens is 394 g/mol. The number of aromatic nitrogens is 1. The predicted octanol–water partition coefficient (Wildman–Crippen LogP) is 4.89. The SMILES string of the molecule is O=C(C=Cc1ccc2cc[nH]c2c1)CC(=O)C=Cc1cc(O)ccc1Br. The molecule has 3 aromatic rings. The van der Waals surface area contributed by atoms with E-state index < -0.39 is 0 Å². The summed E-state index contributed by atoms with van der Waals surface area (Å²) < 4.78 is 0.755. The molecule has 3 rings (SSSR count). The van der Waals surface area contributed by atoms with Crippen molar-refractivity contribution < 1.29 is 14.7 Å². The maximum Gasteiger partial charge on any atom is 0.163 e. The van der Waals surface area contributed by atoms with E-state index in [4.69, 9.17) is 0 Å². The first-order valence-corrected chi connectivity index (χ1v) is 8.78. The Morgan fingerprint density at radius 3 is 2.58 bits per heavy atom. The number of aromatic amines is 1. The Morgan fingerprint density at radius 1 is 1.00 bits per heavy atom. The van der Waals surface area contributed by atoms with Crippen molar-refractivity contribution in [3.63, 3.8) is 0 Å². The van der Waals surface area contributed by atoms with Crippen molar-refractivity contribution in [2.75, 3.05) is 0 Å². The Labute approximate surface area is 159 Å². The van der Waals surface area contributed by atoms with Crippen molar-refractivity contribution in [3.05, 3.63) is 76.4 Å². The van der Waals surface area contributed by atoms with Crippen LogP contribution in [0.15, 0.2) is 65.3 Å². The third-order valence-electron chi connectivity index (χ3n) is 3.82. The molecule has 26 heavy (non-hydrogen) atoms. The zero-order chi connectivity index (χ0) is 18.5. The van der Waals surface area contributed by atoms with E-state index in [1.54, 1.807) is 24.3 Å². The van der Waals surface area contributed by atoms with Crippen LogP contribution in [0.25, 0.3) is 23.1 Å². The Morgan fingerprint density at radius 2 is 1.77 bits per heavy atom. The summed E-state index contributed by atoms with van der Waals surface area (Å²) in [6.45, 7) is 0. The summed E-state index contributed by atoms with van der Waals surface area (Å²) in [7, 11) is 0. The molecule has 0 radical (unpaired) electrons. The van der Waals surface area contributed by atoms with Crippen molar-refractivity contribution >= 4 is 50.6 Å². The molecule has 0 saturated heterocycles. The first-order valence-electron chi connectivity index (χ1n) is 7.99. The summed E-state index contributed by atoms with van der Waals surface area (Å²) in [4.78, 5) is 27.0. The average molecular weight is 410 g/mol. The summed E-state index contributed by atoms with van der Waals surface area (Å²) in [6.07, 6.45) is 7.69. The van der Waals surface area contributed by atoms with Gasteiger partial charge in [-0.1, -0.05) is 40.2 Å². The Kier molecular flexibility index (Phi) is 5.49. The van der Waals surface area contributed by atoms with Gasteiger partial charge in [0.2, 0.25) is 0 Å². The molecule has 0 aliphatic carbocycles. The third kappa shape index (κ3) is 4.58. The monoisotopic (exact) mass is 409 g/mol. The average Bonchev–Trinajstić information content (AvgIpc) is 3.08. The van der Waals surface area contributed by atoms with E-state index in [-0.39, 0.29) is 23.7 Å². The number of ketones is 2. The lowest BCUT2D eigenvalue weighted by Gasteiger charge is -1.99. The first-order chi connectivity index (χ1) is 12.5. The number of rotatable bonds is 6. The maximum absolute atomic E-state index is 12.0. The van der Waals surface area contributed by atoms with Gasteiger partial charge in [-0.05, 0) is 59.0 Å². The largest absolute Gasteiger partial charge is 0.508 e. The molecule has 1 aromatic heterocycles. The molecule has 1 heterocycles. The number of H-pyrrole nitrogens is 1. The van der Waals surface area contributed by atoms with Gasteiger partial charge in [0.15, 0.2) is 11.6 Å².